The third kappa shape index (κ3) is 3.31. The molecule has 3 heterocycles. The van der Waals surface area contributed by atoms with Gasteiger partial charge in [0.05, 0.1) is 18.7 Å². The molecule has 5 rings (SSSR count). The monoisotopic (exact) mass is 364 g/mol. The van der Waals surface area contributed by atoms with Crippen molar-refractivity contribution in [3.05, 3.63) is 60.6 Å². The van der Waals surface area contributed by atoms with Crippen LogP contribution in [0.2, 0.25) is 0 Å². The van der Waals surface area contributed by atoms with Gasteiger partial charge >= 0.3 is 0 Å². The number of aliphatic hydroxyl groups is 1. The Bertz CT molecular complexity index is 877. The van der Waals surface area contributed by atoms with Gasteiger partial charge < -0.3 is 9.63 Å². The summed E-state index contributed by atoms with van der Waals surface area (Å²) in [7, 11) is 0. The lowest BCUT2D eigenvalue weighted by atomic mass is 9.77. The van der Waals surface area contributed by atoms with Gasteiger partial charge in [-0.15, -0.1) is 0 Å². The molecule has 1 saturated heterocycles. The Labute approximate surface area is 158 Å². The van der Waals surface area contributed by atoms with E-state index in [1.807, 2.05) is 53.3 Å². The van der Waals surface area contributed by atoms with E-state index in [1.165, 1.54) is 0 Å². The van der Waals surface area contributed by atoms with Gasteiger partial charge in [-0.25, -0.2) is 0 Å². The molecule has 6 nitrogen and oxygen atoms in total. The molecule has 140 valence electrons. The minimum Gasteiger partial charge on any atom is -0.391 e. The minimum absolute atomic E-state index is 0.0937. The molecule has 2 aliphatic rings. The van der Waals surface area contributed by atoms with E-state index in [0.717, 1.165) is 49.5 Å². The Hall–Kier alpha value is -2.44. The molecule has 2 aromatic heterocycles. The summed E-state index contributed by atoms with van der Waals surface area (Å²) in [5, 5.41) is 19.2. The molecule has 0 bridgehead atoms. The smallest absolute Gasteiger partial charge is 0.151 e. The molecule has 1 N–H and O–H groups in total. The fourth-order valence-corrected chi connectivity index (χ4v) is 4.75. The van der Waals surface area contributed by atoms with Gasteiger partial charge in [-0.2, -0.15) is 5.10 Å². The van der Waals surface area contributed by atoms with Gasteiger partial charge in [0, 0.05) is 37.1 Å². The fraction of sp³-hybridized carbons (Fsp3) is 0.429. The minimum atomic E-state index is -0.318. The molecular formula is C21H24N4O2. The quantitative estimate of drug-likeness (QED) is 0.771. The number of aromatic nitrogens is 3. The van der Waals surface area contributed by atoms with Crippen LogP contribution >= 0.6 is 0 Å². The van der Waals surface area contributed by atoms with Gasteiger partial charge in [-0.05, 0) is 30.7 Å². The van der Waals surface area contributed by atoms with Crippen molar-refractivity contribution in [1.82, 2.24) is 19.8 Å². The normalized spacial score (nSPS) is 28.3. The molecule has 0 radical (unpaired) electrons. The average Bonchev–Trinajstić information content (AvgIpc) is 3.42. The van der Waals surface area contributed by atoms with Crippen LogP contribution in [0.1, 0.15) is 24.6 Å². The summed E-state index contributed by atoms with van der Waals surface area (Å²) in [6.45, 7) is 2.82. The molecule has 3 aromatic rings. The summed E-state index contributed by atoms with van der Waals surface area (Å²) in [4.78, 5) is 2.43. The Morgan fingerprint density at radius 3 is 2.67 bits per heavy atom. The first-order valence-corrected chi connectivity index (χ1v) is 9.67. The van der Waals surface area contributed by atoms with E-state index >= 15 is 0 Å². The van der Waals surface area contributed by atoms with Crippen molar-refractivity contribution in [3.8, 4) is 11.3 Å². The topological polar surface area (TPSA) is 67.3 Å². The SMILES string of the molecule is O[C@H]1C[C@@H]2CN(Cc3cc(-c4ccccc4)no3)C[C@@H]2C[C@@H]1n1cccn1. The van der Waals surface area contributed by atoms with Crippen LogP contribution in [-0.2, 0) is 6.54 Å². The maximum absolute atomic E-state index is 10.6. The first-order chi connectivity index (χ1) is 13.3. The Kier molecular flexibility index (Phi) is 4.30. The molecule has 1 aliphatic heterocycles. The molecule has 0 amide bonds. The molecule has 6 heteroatoms. The van der Waals surface area contributed by atoms with Crippen LogP contribution < -0.4 is 0 Å². The summed E-state index contributed by atoms with van der Waals surface area (Å²) in [5.41, 5.74) is 1.96. The van der Waals surface area contributed by atoms with Crippen LogP contribution in [0.4, 0.5) is 0 Å². The lowest BCUT2D eigenvalue weighted by Crippen LogP contribution is -2.36. The highest BCUT2D eigenvalue weighted by atomic mass is 16.5. The average molecular weight is 364 g/mol. The molecule has 1 aromatic carbocycles. The van der Waals surface area contributed by atoms with E-state index in [0.29, 0.717) is 11.8 Å². The predicted molar refractivity (Wildman–Crippen MR) is 101 cm³/mol. The number of hydrogen-bond acceptors (Lipinski definition) is 5. The van der Waals surface area contributed by atoms with Gasteiger partial charge in [-0.1, -0.05) is 35.5 Å². The fourth-order valence-electron chi connectivity index (χ4n) is 4.75. The first-order valence-electron chi connectivity index (χ1n) is 9.67. The third-order valence-electron chi connectivity index (χ3n) is 6.06. The van der Waals surface area contributed by atoms with Crippen molar-refractivity contribution in [2.75, 3.05) is 13.1 Å². The lowest BCUT2D eigenvalue weighted by molar-refractivity contribution is 0.0306. The molecule has 1 aliphatic carbocycles. The van der Waals surface area contributed by atoms with E-state index in [9.17, 15) is 5.11 Å². The highest BCUT2D eigenvalue weighted by molar-refractivity contribution is 5.58. The summed E-state index contributed by atoms with van der Waals surface area (Å²) in [5.74, 6) is 2.04. The van der Waals surface area contributed by atoms with E-state index in [1.54, 1.807) is 6.20 Å². The summed E-state index contributed by atoms with van der Waals surface area (Å²) >= 11 is 0. The van der Waals surface area contributed by atoms with Gasteiger partial charge in [-0.3, -0.25) is 9.58 Å². The molecule has 1 saturated carbocycles. The highest BCUT2D eigenvalue weighted by Gasteiger charge is 2.42. The van der Waals surface area contributed by atoms with Gasteiger partial charge in [0.1, 0.15) is 5.69 Å². The van der Waals surface area contributed by atoms with Crippen molar-refractivity contribution in [2.24, 2.45) is 11.8 Å². The number of fused-ring (bicyclic) bond motifs is 1. The number of benzene rings is 1. The third-order valence-corrected chi connectivity index (χ3v) is 6.06. The standard InChI is InChI=1S/C21H24N4O2/c26-21-10-17-13-24(12-16(17)9-20(21)25-8-4-7-22-25)14-18-11-19(23-27-18)15-5-2-1-3-6-15/h1-8,11,16-17,20-21,26H,9-10,12-14H2/t16-,17+,20-,21-/m0/s1. The number of hydrogen-bond donors (Lipinski definition) is 1. The van der Waals surface area contributed by atoms with Gasteiger partial charge in [0.25, 0.3) is 0 Å². The van der Waals surface area contributed by atoms with Crippen molar-refractivity contribution >= 4 is 0 Å². The molecule has 27 heavy (non-hydrogen) atoms. The highest BCUT2D eigenvalue weighted by Crippen LogP contribution is 2.41. The number of aliphatic hydroxyl groups excluding tert-OH is 1. The van der Waals surface area contributed by atoms with Crippen molar-refractivity contribution in [2.45, 2.75) is 31.5 Å². The van der Waals surface area contributed by atoms with E-state index in [4.69, 9.17) is 4.52 Å². The molecule has 0 spiro atoms. The van der Waals surface area contributed by atoms with Gasteiger partial charge in [0.15, 0.2) is 5.76 Å². The largest absolute Gasteiger partial charge is 0.391 e. The Morgan fingerprint density at radius 1 is 1.07 bits per heavy atom. The van der Waals surface area contributed by atoms with Crippen LogP contribution in [-0.4, -0.2) is 44.1 Å². The van der Waals surface area contributed by atoms with E-state index in [2.05, 4.69) is 15.2 Å². The van der Waals surface area contributed by atoms with Crippen molar-refractivity contribution < 1.29 is 9.63 Å². The maximum atomic E-state index is 10.6. The van der Waals surface area contributed by atoms with E-state index < -0.39 is 0 Å². The molecular weight excluding hydrogens is 340 g/mol. The second-order valence-corrected chi connectivity index (χ2v) is 7.85. The molecule has 0 unspecified atom stereocenters. The molecule has 4 atom stereocenters. The van der Waals surface area contributed by atoms with Gasteiger partial charge in [0.2, 0.25) is 0 Å². The zero-order chi connectivity index (χ0) is 18.2. The van der Waals surface area contributed by atoms with Crippen LogP contribution in [0.5, 0.6) is 0 Å². The summed E-state index contributed by atoms with van der Waals surface area (Å²) < 4.78 is 7.50. The zero-order valence-electron chi connectivity index (χ0n) is 15.2. The van der Waals surface area contributed by atoms with Crippen molar-refractivity contribution in [1.29, 1.82) is 0 Å². The lowest BCUT2D eigenvalue weighted by Gasteiger charge is -2.35. The van der Waals surface area contributed by atoms with Crippen LogP contribution in [0, 0.1) is 11.8 Å². The van der Waals surface area contributed by atoms with Crippen LogP contribution in [0.25, 0.3) is 11.3 Å². The predicted octanol–water partition coefficient (Wildman–Crippen LogP) is 2.98. The van der Waals surface area contributed by atoms with E-state index in [-0.39, 0.29) is 12.1 Å². The van der Waals surface area contributed by atoms with Crippen LogP contribution in [0.3, 0.4) is 0 Å². The maximum Gasteiger partial charge on any atom is 0.151 e. The molecule has 2 fully saturated rings. The first kappa shape index (κ1) is 16.7. The summed E-state index contributed by atoms with van der Waals surface area (Å²) in [6.07, 6.45) is 5.25. The Balaban J connectivity index is 1.25. The summed E-state index contributed by atoms with van der Waals surface area (Å²) in [6, 6.07) is 14.2. The van der Waals surface area contributed by atoms with Crippen molar-refractivity contribution in [3.63, 3.8) is 0 Å². The number of nitrogens with zero attached hydrogens (tertiary/aromatic N) is 4. The number of likely N-dealkylation sites (tertiary alicyclic amines) is 1. The second-order valence-electron chi connectivity index (χ2n) is 7.85. The zero-order valence-corrected chi connectivity index (χ0v) is 15.2. The Morgan fingerprint density at radius 2 is 1.89 bits per heavy atom. The van der Waals surface area contributed by atoms with Crippen LogP contribution in [0.15, 0.2) is 59.4 Å². The number of rotatable bonds is 4. The second kappa shape index (κ2) is 6.94.